The Kier molecular flexibility index (Phi) is 3.17. The minimum atomic E-state index is -0.0594. The highest BCUT2D eigenvalue weighted by molar-refractivity contribution is 5.85. The van der Waals surface area contributed by atoms with Gasteiger partial charge in [0.25, 0.3) is 0 Å². The molecule has 4 heteroatoms. The van der Waals surface area contributed by atoms with Gasteiger partial charge in [0.2, 0.25) is 0 Å². The van der Waals surface area contributed by atoms with E-state index >= 15 is 0 Å². The Bertz CT molecular complexity index is 368. The summed E-state index contributed by atoms with van der Waals surface area (Å²) in [6.45, 7) is 8.77. The lowest BCUT2D eigenvalue weighted by molar-refractivity contribution is 0.581. The number of hydrogen-bond acceptors (Lipinski definition) is 2. The van der Waals surface area contributed by atoms with Gasteiger partial charge in [-0.05, 0) is 6.92 Å². The minimum Gasteiger partial charge on any atom is -0.387 e. The topological polar surface area (TPSA) is 56.2 Å². The SMILES string of the molecule is Cc1nn(C)cc1CN=C(N)C(C)(C)C. The maximum absolute atomic E-state index is 5.88. The van der Waals surface area contributed by atoms with Gasteiger partial charge in [-0.15, -0.1) is 0 Å². The average molecular weight is 208 g/mol. The fraction of sp³-hybridized carbons (Fsp3) is 0.636. The molecule has 84 valence electrons. The zero-order valence-electron chi connectivity index (χ0n) is 10.2. The van der Waals surface area contributed by atoms with E-state index in [4.69, 9.17) is 5.73 Å². The van der Waals surface area contributed by atoms with Gasteiger partial charge in [-0.25, -0.2) is 0 Å². The summed E-state index contributed by atoms with van der Waals surface area (Å²) in [7, 11) is 1.91. The Hall–Kier alpha value is -1.32. The van der Waals surface area contributed by atoms with Crippen LogP contribution in [-0.2, 0) is 13.6 Å². The number of nitrogens with zero attached hydrogens (tertiary/aromatic N) is 3. The molecule has 4 nitrogen and oxygen atoms in total. The smallest absolute Gasteiger partial charge is 0.0995 e. The Morgan fingerprint density at radius 3 is 2.53 bits per heavy atom. The second-order valence-corrected chi connectivity index (χ2v) is 4.86. The molecule has 0 fully saturated rings. The molecule has 0 bridgehead atoms. The minimum absolute atomic E-state index is 0.0594. The molecule has 0 saturated carbocycles. The number of hydrogen-bond donors (Lipinski definition) is 1. The average Bonchev–Trinajstić information content (AvgIpc) is 2.39. The monoisotopic (exact) mass is 208 g/mol. The summed E-state index contributed by atoms with van der Waals surface area (Å²) in [5.41, 5.74) is 7.96. The maximum atomic E-state index is 5.88. The van der Waals surface area contributed by atoms with Crippen LogP contribution in [0.2, 0.25) is 0 Å². The molecule has 0 amide bonds. The third-order valence-corrected chi connectivity index (χ3v) is 2.30. The molecule has 0 spiro atoms. The molecule has 0 radical (unpaired) electrons. The van der Waals surface area contributed by atoms with Crippen LogP contribution in [0.3, 0.4) is 0 Å². The van der Waals surface area contributed by atoms with Crippen molar-refractivity contribution in [3.05, 3.63) is 17.5 Å². The lowest BCUT2D eigenvalue weighted by Crippen LogP contribution is -2.29. The number of aromatic nitrogens is 2. The largest absolute Gasteiger partial charge is 0.387 e. The van der Waals surface area contributed by atoms with Crippen molar-refractivity contribution >= 4 is 5.84 Å². The van der Waals surface area contributed by atoms with E-state index in [1.165, 1.54) is 0 Å². The van der Waals surface area contributed by atoms with Gasteiger partial charge in [-0.3, -0.25) is 9.67 Å². The van der Waals surface area contributed by atoms with E-state index in [0.29, 0.717) is 12.4 Å². The van der Waals surface area contributed by atoms with Gasteiger partial charge in [0.15, 0.2) is 0 Å². The van der Waals surface area contributed by atoms with E-state index in [1.54, 1.807) is 4.68 Å². The first-order chi connectivity index (χ1) is 6.80. The Balaban J connectivity index is 2.76. The summed E-state index contributed by atoms with van der Waals surface area (Å²) in [6.07, 6.45) is 1.98. The van der Waals surface area contributed by atoms with Crippen molar-refractivity contribution in [1.82, 2.24) is 9.78 Å². The van der Waals surface area contributed by atoms with Crippen molar-refractivity contribution < 1.29 is 0 Å². The summed E-state index contributed by atoms with van der Waals surface area (Å²) in [5.74, 6) is 0.686. The summed E-state index contributed by atoms with van der Waals surface area (Å²) in [4.78, 5) is 4.38. The van der Waals surface area contributed by atoms with E-state index < -0.39 is 0 Å². The van der Waals surface area contributed by atoms with Gasteiger partial charge in [0, 0.05) is 24.2 Å². The van der Waals surface area contributed by atoms with Crippen LogP contribution in [0, 0.1) is 12.3 Å². The molecule has 15 heavy (non-hydrogen) atoms. The Morgan fingerprint density at radius 1 is 1.53 bits per heavy atom. The molecule has 1 aromatic heterocycles. The lowest BCUT2D eigenvalue weighted by atomic mass is 9.95. The molecular formula is C11H20N4. The van der Waals surface area contributed by atoms with E-state index in [1.807, 2.05) is 20.2 Å². The zero-order valence-corrected chi connectivity index (χ0v) is 10.2. The highest BCUT2D eigenvalue weighted by Gasteiger charge is 2.15. The third kappa shape index (κ3) is 3.08. The summed E-state index contributed by atoms with van der Waals surface area (Å²) >= 11 is 0. The number of amidine groups is 1. The molecule has 1 heterocycles. The predicted octanol–water partition coefficient (Wildman–Crippen LogP) is 1.63. The zero-order chi connectivity index (χ0) is 11.6. The van der Waals surface area contributed by atoms with Crippen LogP contribution in [0.5, 0.6) is 0 Å². The fourth-order valence-electron chi connectivity index (χ4n) is 1.21. The number of nitrogens with two attached hydrogens (primary N) is 1. The van der Waals surface area contributed by atoms with Gasteiger partial charge in [-0.2, -0.15) is 5.10 Å². The van der Waals surface area contributed by atoms with E-state index in [0.717, 1.165) is 11.3 Å². The van der Waals surface area contributed by atoms with Crippen molar-refractivity contribution in [2.75, 3.05) is 0 Å². The summed E-state index contributed by atoms with van der Waals surface area (Å²) in [5, 5.41) is 4.26. The van der Waals surface area contributed by atoms with E-state index in [-0.39, 0.29) is 5.41 Å². The molecule has 0 unspecified atom stereocenters. The number of aryl methyl sites for hydroxylation is 2. The van der Waals surface area contributed by atoms with Crippen LogP contribution in [-0.4, -0.2) is 15.6 Å². The molecule has 0 aliphatic heterocycles. The van der Waals surface area contributed by atoms with Crippen molar-refractivity contribution in [2.45, 2.75) is 34.2 Å². The van der Waals surface area contributed by atoms with Gasteiger partial charge >= 0.3 is 0 Å². The first-order valence-corrected chi connectivity index (χ1v) is 5.10. The molecular weight excluding hydrogens is 188 g/mol. The molecule has 0 aliphatic rings. The van der Waals surface area contributed by atoms with Crippen molar-refractivity contribution in [2.24, 2.45) is 23.2 Å². The van der Waals surface area contributed by atoms with Gasteiger partial charge in [0.1, 0.15) is 0 Å². The quantitative estimate of drug-likeness (QED) is 0.593. The normalized spacial score (nSPS) is 13.3. The number of rotatable bonds is 2. The van der Waals surface area contributed by atoms with Crippen molar-refractivity contribution in [3.8, 4) is 0 Å². The molecule has 2 N–H and O–H groups in total. The van der Waals surface area contributed by atoms with Crippen LogP contribution < -0.4 is 5.73 Å². The number of aliphatic imine (C=N–C) groups is 1. The van der Waals surface area contributed by atoms with E-state index in [2.05, 4.69) is 30.9 Å². The molecule has 0 aromatic carbocycles. The van der Waals surface area contributed by atoms with E-state index in [9.17, 15) is 0 Å². The van der Waals surface area contributed by atoms with Gasteiger partial charge in [0.05, 0.1) is 18.1 Å². The molecule has 1 aromatic rings. The Labute approximate surface area is 91.2 Å². The Morgan fingerprint density at radius 2 is 2.13 bits per heavy atom. The standard InChI is InChI=1S/C11H20N4/c1-8-9(7-15(5)14-8)6-13-10(12)11(2,3)4/h7H,6H2,1-5H3,(H2,12,13). The fourth-order valence-corrected chi connectivity index (χ4v) is 1.21. The predicted molar refractivity (Wildman–Crippen MR) is 62.7 cm³/mol. The van der Waals surface area contributed by atoms with Gasteiger partial charge in [-0.1, -0.05) is 20.8 Å². The second-order valence-electron chi connectivity index (χ2n) is 4.86. The second kappa shape index (κ2) is 4.04. The first kappa shape index (κ1) is 11.8. The highest BCUT2D eigenvalue weighted by Crippen LogP contribution is 2.14. The van der Waals surface area contributed by atoms with Crippen molar-refractivity contribution in [3.63, 3.8) is 0 Å². The summed E-state index contributed by atoms with van der Waals surface area (Å²) in [6, 6.07) is 0. The van der Waals surface area contributed by atoms with Crippen LogP contribution in [0.1, 0.15) is 32.0 Å². The molecule has 0 atom stereocenters. The van der Waals surface area contributed by atoms with Crippen LogP contribution in [0.4, 0.5) is 0 Å². The van der Waals surface area contributed by atoms with Crippen LogP contribution in [0.15, 0.2) is 11.2 Å². The lowest BCUT2D eigenvalue weighted by Gasteiger charge is -2.17. The van der Waals surface area contributed by atoms with Crippen molar-refractivity contribution in [1.29, 1.82) is 0 Å². The molecule has 0 aliphatic carbocycles. The summed E-state index contributed by atoms with van der Waals surface area (Å²) < 4.78 is 1.80. The maximum Gasteiger partial charge on any atom is 0.0995 e. The molecule has 0 saturated heterocycles. The molecule has 1 rings (SSSR count). The third-order valence-electron chi connectivity index (χ3n) is 2.30. The van der Waals surface area contributed by atoms with Gasteiger partial charge < -0.3 is 5.73 Å². The highest BCUT2D eigenvalue weighted by atomic mass is 15.2. The van der Waals surface area contributed by atoms with Crippen LogP contribution >= 0.6 is 0 Å². The first-order valence-electron chi connectivity index (χ1n) is 5.10. The van der Waals surface area contributed by atoms with Crippen LogP contribution in [0.25, 0.3) is 0 Å².